The average molecular weight is 539 g/mol. The second kappa shape index (κ2) is 9.01. The van der Waals surface area contributed by atoms with Crippen molar-refractivity contribution in [3.63, 3.8) is 0 Å². The highest BCUT2D eigenvalue weighted by atomic mass is 16.3. The fourth-order valence-corrected chi connectivity index (χ4v) is 6.10. The molecule has 0 aliphatic rings. The SMILES string of the molecule is CC(C)(C)c1c(-c2cc3ccc(-c4cc5ccccc5o4)c(C(C)(C)C)c3o2)ccc2cc(-c3ccccc3)oc12. The van der Waals surface area contributed by atoms with Gasteiger partial charge in [0.05, 0.1) is 0 Å². The lowest BCUT2D eigenvalue weighted by molar-refractivity contribution is 0.551. The molecule has 4 aromatic carbocycles. The highest BCUT2D eigenvalue weighted by Gasteiger charge is 2.29. The molecule has 41 heavy (non-hydrogen) atoms. The Bertz CT molecular complexity index is 2020. The van der Waals surface area contributed by atoms with Crippen LogP contribution in [-0.4, -0.2) is 0 Å². The van der Waals surface area contributed by atoms with E-state index in [0.717, 1.165) is 78.0 Å². The number of hydrogen-bond donors (Lipinski definition) is 0. The molecule has 7 rings (SSSR count). The van der Waals surface area contributed by atoms with E-state index in [2.05, 4.69) is 102 Å². The van der Waals surface area contributed by atoms with E-state index in [1.807, 2.05) is 36.4 Å². The Hall–Kier alpha value is -4.50. The Kier molecular flexibility index (Phi) is 5.59. The van der Waals surface area contributed by atoms with Gasteiger partial charge >= 0.3 is 0 Å². The summed E-state index contributed by atoms with van der Waals surface area (Å²) in [5.74, 6) is 2.58. The molecule has 0 saturated carbocycles. The Labute approximate surface area is 240 Å². The fourth-order valence-electron chi connectivity index (χ4n) is 6.10. The zero-order chi connectivity index (χ0) is 28.5. The van der Waals surface area contributed by atoms with Gasteiger partial charge in [-0.3, -0.25) is 0 Å². The van der Waals surface area contributed by atoms with Gasteiger partial charge in [0.25, 0.3) is 0 Å². The van der Waals surface area contributed by atoms with Crippen LogP contribution in [0, 0.1) is 0 Å². The first-order valence-corrected chi connectivity index (χ1v) is 14.3. The van der Waals surface area contributed by atoms with Gasteiger partial charge in [0.2, 0.25) is 0 Å². The molecule has 0 fully saturated rings. The molecule has 0 bridgehead atoms. The maximum atomic E-state index is 6.84. The van der Waals surface area contributed by atoms with Crippen LogP contribution < -0.4 is 0 Å². The maximum absolute atomic E-state index is 6.84. The van der Waals surface area contributed by atoms with E-state index in [9.17, 15) is 0 Å². The molecule has 0 N–H and O–H groups in total. The summed E-state index contributed by atoms with van der Waals surface area (Å²) in [5.41, 5.74) is 7.82. The molecule has 0 unspecified atom stereocenters. The molecule has 3 nitrogen and oxygen atoms in total. The minimum atomic E-state index is -0.175. The van der Waals surface area contributed by atoms with Crippen LogP contribution in [0.4, 0.5) is 0 Å². The van der Waals surface area contributed by atoms with Crippen molar-refractivity contribution in [1.82, 2.24) is 0 Å². The van der Waals surface area contributed by atoms with Crippen LogP contribution in [0.5, 0.6) is 0 Å². The van der Waals surface area contributed by atoms with E-state index >= 15 is 0 Å². The van der Waals surface area contributed by atoms with Crippen LogP contribution in [0.25, 0.3) is 66.9 Å². The van der Waals surface area contributed by atoms with E-state index in [1.54, 1.807) is 0 Å². The molecule has 3 heterocycles. The lowest BCUT2D eigenvalue weighted by Gasteiger charge is -2.23. The van der Waals surface area contributed by atoms with Gasteiger partial charge in [-0.2, -0.15) is 0 Å². The third kappa shape index (κ3) is 4.28. The molecule has 0 atom stereocenters. The Balaban J connectivity index is 1.45. The second-order valence-electron chi connectivity index (χ2n) is 13.0. The minimum Gasteiger partial charge on any atom is -0.456 e. The van der Waals surface area contributed by atoms with E-state index < -0.39 is 0 Å². The Morgan fingerprint density at radius 3 is 1.51 bits per heavy atom. The summed E-state index contributed by atoms with van der Waals surface area (Å²) in [4.78, 5) is 0. The largest absolute Gasteiger partial charge is 0.456 e. The third-order valence-electron chi connectivity index (χ3n) is 7.89. The van der Waals surface area contributed by atoms with Crippen molar-refractivity contribution in [3.05, 3.63) is 108 Å². The van der Waals surface area contributed by atoms with Gasteiger partial charge in [-0.25, -0.2) is 0 Å². The number of rotatable bonds is 3. The quantitative estimate of drug-likeness (QED) is 0.225. The summed E-state index contributed by atoms with van der Waals surface area (Å²) >= 11 is 0. The summed E-state index contributed by atoms with van der Waals surface area (Å²) in [6, 6.07) is 33.5. The van der Waals surface area contributed by atoms with Gasteiger partial charge in [-0.1, -0.05) is 114 Å². The van der Waals surface area contributed by atoms with Crippen LogP contribution in [-0.2, 0) is 10.8 Å². The highest BCUT2D eigenvalue weighted by molar-refractivity contribution is 5.96. The van der Waals surface area contributed by atoms with Crippen molar-refractivity contribution in [1.29, 1.82) is 0 Å². The summed E-state index contributed by atoms with van der Waals surface area (Å²) in [6.45, 7) is 13.4. The standard InChI is InChI=1S/C38H34O3/c1-37(2,3)33-27(31-20-24-14-10-11-15-29(24)39-31)18-17-26-22-32(41-36(26)33)28-19-16-25-21-30(23-12-8-7-9-13-23)40-35(25)34(28)38(4,5)6/h7-22H,1-6H3. The van der Waals surface area contributed by atoms with Crippen LogP contribution >= 0.6 is 0 Å². The molecular formula is C38H34O3. The predicted molar refractivity (Wildman–Crippen MR) is 169 cm³/mol. The zero-order valence-electron chi connectivity index (χ0n) is 24.5. The molecule has 0 amide bonds. The molecule has 3 aromatic heterocycles. The number of para-hydroxylation sites is 1. The second-order valence-corrected chi connectivity index (χ2v) is 13.0. The van der Waals surface area contributed by atoms with E-state index in [0.29, 0.717) is 0 Å². The minimum absolute atomic E-state index is 0.175. The fraction of sp³-hybridized carbons (Fsp3) is 0.211. The Morgan fingerprint density at radius 2 is 0.927 bits per heavy atom. The first kappa shape index (κ1) is 25.5. The summed E-state index contributed by atoms with van der Waals surface area (Å²) in [6.07, 6.45) is 0. The van der Waals surface area contributed by atoms with Crippen molar-refractivity contribution in [3.8, 4) is 34.0 Å². The van der Waals surface area contributed by atoms with Crippen LogP contribution in [0.1, 0.15) is 52.7 Å². The predicted octanol–water partition coefficient (Wildman–Crippen LogP) is 11.5. The van der Waals surface area contributed by atoms with Gasteiger partial charge in [0, 0.05) is 44.0 Å². The molecule has 204 valence electrons. The van der Waals surface area contributed by atoms with Crippen molar-refractivity contribution < 1.29 is 13.3 Å². The summed E-state index contributed by atoms with van der Waals surface area (Å²) in [5, 5.41) is 3.27. The van der Waals surface area contributed by atoms with Crippen molar-refractivity contribution in [2.75, 3.05) is 0 Å². The third-order valence-corrected chi connectivity index (χ3v) is 7.89. The summed E-state index contributed by atoms with van der Waals surface area (Å²) < 4.78 is 19.7. The highest BCUT2D eigenvalue weighted by Crippen LogP contribution is 2.46. The van der Waals surface area contributed by atoms with Gasteiger partial charge in [-0.05, 0) is 35.1 Å². The van der Waals surface area contributed by atoms with Gasteiger partial charge in [0.15, 0.2) is 0 Å². The van der Waals surface area contributed by atoms with Crippen LogP contribution in [0.3, 0.4) is 0 Å². The normalized spacial score (nSPS) is 12.6. The van der Waals surface area contributed by atoms with Gasteiger partial charge in [-0.15, -0.1) is 0 Å². The first-order chi connectivity index (χ1) is 19.6. The first-order valence-electron chi connectivity index (χ1n) is 14.3. The molecule has 0 aliphatic carbocycles. The summed E-state index contributed by atoms with van der Waals surface area (Å²) in [7, 11) is 0. The smallest absolute Gasteiger partial charge is 0.139 e. The lowest BCUT2D eigenvalue weighted by atomic mass is 9.81. The van der Waals surface area contributed by atoms with Crippen molar-refractivity contribution >= 4 is 32.9 Å². The lowest BCUT2D eigenvalue weighted by Crippen LogP contribution is -2.13. The molecule has 3 heteroatoms. The number of fused-ring (bicyclic) bond motifs is 3. The monoisotopic (exact) mass is 538 g/mol. The maximum Gasteiger partial charge on any atom is 0.139 e. The van der Waals surface area contributed by atoms with Gasteiger partial charge < -0.3 is 13.3 Å². The Morgan fingerprint density at radius 1 is 0.439 bits per heavy atom. The molecule has 0 saturated heterocycles. The molecule has 0 aliphatic heterocycles. The van der Waals surface area contributed by atoms with E-state index in [1.165, 1.54) is 0 Å². The number of benzene rings is 4. The molecule has 0 spiro atoms. The molecule has 7 aromatic rings. The van der Waals surface area contributed by atoms with Crippen molar-refractivity contribution in [2.24, 2.45) is 0 Å². The average Bonchev–Trinajstić information content (AvgIpc) is 3.67. The van der Waals surface area contributed by atoms with Gasteiger partial charge in [0.1, 0.15) is 34.0 Å². The van der Waals surface area contributed by atoms with Crippen molar-refractivity contribution in [2.45, 2.75) is 52.4 Å². The number of furan rings is 3. The van der Waals surface area contributed by atoms with E-state index in [-0.39, 0.29) is 10.8 Å². The zero-order valence-corrected chi connectivity index (χ0v) is 24.5. The molecular weight excluding hydrogens is 504 g/mol. The number of hydrogen-bond acceptors (Lipinski definition) is 3. The van der Waals surface area contributed by atoms with Crippen LogP contribution in [0.2, 0.25) is 0 Å². The van der Waals surface area contributed by atoms with E-state index in [4.69, 9.17) is 13.3 Å². The topological polar surface area (TPSA) is 39.4 Å². The molecule has 0 radical (unpaired) electrons. The van der Waals surface area contributed by atoms with Crippen LogP contribution in [0.15, 0.2) is 110 Å².